The zero-order valence-electron chi connectivity index (χ0n) is 21.7. The van der Waals surface area contributed by atoms with Gasteiger partial charge in [0.1, 0.15) is 5.82 Å². The Bertz CT molecular complexity index is 1430. The molecule has 0 atom stereocenters. The SMILES string of the molecule is Cc1cc(C(=O)O)ccc1/C(C=O)=C(/Nc1ccc2c(n1)CCN2C(=O)CN1CCOCC1)c1ccccc1. The fraction of sp³-hybridized carbons (Fsp3) is 0.267. The number of nitrogens with zero attached hydrogens (tertiary/aromatic N) is 3. The number of aryl methyl sites for hydroxylation is 1. The van der Waals surface area contributed by atoms with Crippen LogP contribution >= 0.6 is 0 Å². The first kappa shape index (κ1) is 26.3. The van der Waals surface area contributed by atoms with Gasteiger partial charge >= 0.3 is 5.97 Å². The fourth-order valence-corrected chi connectivity index (χ4v) is 5.01. The number of carbonyl (C=O) groups excluding carboxylic acids is 2. The predicted octanol–water partition coefficient (Wildman–Crippen LogP) is 3.49. The van der Waals surface area contributed by atoms with E-state index in [9.17, 15) is 19.5 Å². The lowest BCUT2D eigenvalue weighted by Crippen LogP contribution is -2.44. The Labute approximate surface area is 226 Å². The Hall–Kier alpha value is -4.34. The van der Waals surface area contributed by atoms with E-state index < -0.39 is 5.97 Å². The van der Waals surface area contributed by atoms with Crippen LogP contribution in [0.3, 0.4) is 0 Å². The maximum Gasteiger partial charge on any atom is 0.335 e. The number of aromatic carboxylic acids is 1. The van der Waals surface area contributed by atoms with E-state index in [0.29, 0.717) is 60.9 Å². The quantitative estimate of drug-likeness (QED) is 0.261. The number of benzene rings is 2. The van der Waals surface area contributed by atoms with Gasteiger partial charge in [-0.1, -0.05) is 36.4 Å². The second-order valence-electron chi connectivity index (χ2n) is 9.58. The third kappa shape index (κ3) is 5.74. The third-order valence-electron chi connectivity index (χ3n) is 7.04. The number of carboxylic acid groups (broad SMARTS) is 1. The zero-order chi connectivity index (χ0) is 27.4. The van der Waals surface area contributed by atoms with E-state index in [2.05, 4.69) is 10.2 Å². The van der Waals surface area contributed by atoms with Crippen LogP contribution in [0.4, 0.5) is 11.5 Å². The molecular formula is C30H30N4O5. The molecule has 1 saturated heterocycles. The second-order valence-corrected chi connectivity index (χ2v) is 9.58. The number of pyridine rings is 1. The highest BCUT2D eigenvalue weighted by atomic mass is 16.5. The normalized spacial score (nSPS) is 15.9. The molecule has 0 bridgehead atoms. The van der Waals surface area contributed by atoms with E-state index in [1.54, 1.807) is 24.0 Å². The lowest BCUT2D eigenvalue weighted by atomic mass is 9.95. The molecule has 2 aromatic carbocycles. The maximum absolute atomic E-state index is 13.0. The Morgan fingerprint density at radius 3 is 2.49 bits per heavy atom. The number of ether oxygens (including phenoxy) is 1. The van der Waals surface area contributed by atoms with Gasteiger partial charge in [0.2, 0.25) is 5.91 Å². The summed E-state index contributed by atoms with van der Waals surface area (Å²) in [6.45, 7) is 5.49. The van der Waals surface area contributed by atoms with Gasteiger partial charge < -0.3 is 20.1 Å². The van der Waals surface area contributed by atoms with Gasteiger partial charge in [0, 0.05) is 31.6 Å². The predicted molar refractivity (Wildman–Crippen MR) is 149 cm³/mol. The van der Waals surface area contributed by atoms with Crippen LogP contribution in [0, 0.1) is 6.92 Å². The number of rotatable bonds is 8. The number of morpholine rings is 1. The van der Waals surface area contributed by atoms with Gasteiger partial charge in [-0.2, -0.15) is 0 Å². The molecule has 200 valence electrons. The molecule has 9 nitrogen and oxygen atoms in total. The number of anilines is 2. The molecule has 0 unspecified atom stereocenters. The summed E-state index contributed by atoms with van der Waals surface area (Å²) in [6.07, 6.45) is 1.41. The summed E-state index contributed by atoms with van der Waals surface area (Å²) in [5.74, 6) is -0.428. The summed E-state index contributed by atoms with van der Waals surface area (Å²) in [7, 11) is 0. The minimum absolute atomic E-state index is 0.0477. The second kappa shape index (κ2) is 11.6. The zero-order valence-corrected chi connectivity index (χ0v) is 21.7. The molecule has 2 N–H and O–H groups in total. The van der Waals surface area contributed by atoms with Crippen LogP contribution in [-0.2, 0) is 20.7 Å². The minimum Gasteiger partial charge on any atom is -0.478 e. The minimum atomic E-state index is -1.03. The van der Waals surface area contributed by atoms with Crippen molar-refractivity contribution in [1.29, 1.82) is 0 Å². The molecule has 0 radical (unpaired) electrons. The maximum atomic E-state index is 13.0. The van der Waals surface area contributed by atoms with Crippen LogP contribution < -0.4 is 10.2 Å². The fourth-order valence-electron chi connectivity index (χ4n) is 5.01. The molecule has 39 heavy (non-hydrogen) atoms. The summed E-state index contributed by atoms with van der Waals surface area (Å²) < 4.78 is 5.38. The first-order valence-electron chi connectivity index (χ1n) is 12.9. The molecule has 5 rings (SSSR count). The van der Waals surface area contributed by atoms with Crippen LogP contribution in [0.5, 0.6) is 0 Å². The molecule has 1 aromatic heterocycles. The van der Waals surface area contributed by atoms with Gasteiger partial charge in [-0.15, -0.1) is 0 Å². The van der Waals surface area contributed by atoms with Crippen molar-refractivity contribution in [2.75, 3.05) is 49.6 Å². The lowest BCUT2D eigenvalue weighted by Gasteiger charge is -2.28. The van der Waals surface area contributed by atoms with Crippen molar-refractivity contribution < 1.29 is 24.2 Å². The number of hydrogen-bond acceptors (Lipinski definition) is 7. The van der Waals surface area contributed by atoms with Gasteiger partial charge in [-0.3, -0.25) is 14.5 Å². The van der Waals surface area contributed by atoms with Gasteiger partial charge in [-0.25, -0.2) is 9.78 Å². The number of aromatic nitrogens is 1. The van der Waals surface area contributed by atoms with Crippen LogP contribution in [0.2, 0.25) is 0 Å². The molecule has 3 heterocycles. The highest BCUT2D eigenvalue weighted by Gasteiger charge is 2.28. The third-order valence-corrected chi connectivity index (χ3v) is 7.04. The number of carbonyl (C=O) groups is 3. The molecule has 2 aliphatic heterocycles. The van der Waals surface area contributed by atoms with E-state index >= 15 is 0 Å². The molecule has 9 heteroatoms. The highest BCUT2D eigenvalue weighted by Crippen LogP contribution is 2.32. The average Bonchev–Trinajstić information content (AvgIpc) is 3.38. The largest absolute Gasteiger partial charge is 0.478 e. The van der Waals surface area contributed by atoms with E-state index in [1.165, 1.54) is 6.07 Å². The van der Waals surface area contributed by atoms with E-state index in [1.807, 2.05) is 42.5 Å². The Morgan fingerprint density at radius 2 is 1.79 bits per heavy atom. The Morgan fingerprint density at radius 1 is 1.03 bits per heavy atom. The van der Waals surface area contributed by atoms with Gasteiger partial charge in [-0.05, 0) is 47.9 Å². The van der Waals surface area contributed by atoms with Crippen LogP contribution in [0.25, 0.3) is 11.3 Å². The molecular weight excluding hydrogens is 496 g/mol. The number of amides is 1. The van der Waals surface area contributed by atoms with Gasteiger partial charge in [0.15, 0.2) is 6.29 Å². The van der Waals surface area contributed by atoms with E-state index in [0.717, 1.165) is 36.3 Å². The van der Waals surface area contributed by atoms with Crippen molar-refractivity contribution in [2.24, 2.45) is 0 Å². The Balaban J connectivity index is 1.45. The number of nitrogens with one attached hydrogen (secondary N) is 1. The summed E-state index contributed by atoms with van der Waals surface area (Å²) in [5.41, 5.74) is 4.81. The number of allylic oxidation sites excluding steroid dienone is 1. The van der Waals surface area contributed by atoms with E-state index in [4.69, 9.17) is 9.72 Å². The van der Waals surface area contributed by atoms with Gasteiger partial charge in [0.05, 0.1) is 42.4 Å². The van der Waals surface area contributed by atoms with Crippen molar-refractivity contribution in [3.05, 3.63) is 88.6 Å². The number of fused-ring (bicyclic) bond motifs is 1. The van der Waals surface area contributed by atoms with Gasteiger partial charge in [0.25, 0.3) is 0 Å². The average molecular weight is 527 g/mol. The van der Waals surface area contributed by atoms with Crippen molar-refractivity contribution in [1.82, 2.24) is 9.88 Å². The first-order valence-corrected chi connectivity index (χ1v) is 12.9. The van der Waals surface area contributed by atoms with Crippen molar-refractivity contribution >= 4 is 40.9 Å². The van der Waals surface area contributed by atoms with Crippen molar-refractivity contribution in [2.45, 2.75) is 13.3 Å². The first-order chi connectivity index (χ1) is 18.9. The summed E-state index contributed by atoms with van der Waals surface area (Å²) in [4.78, 5) is 45.6. The van der Waals surface area contributed by atoms with Crippen molar-refractivity contribution in [3.8, 4) is 0 Å². The van der Waals surface area contributed by atoms with Crippen LogP contribution in [0.1, 0.15) is 32.7 Å². The monoisotopic (exact) mass is 526 g/mol. The molecule has 0 spiro atoms. The lowest BCUT2D eigenvalue weighted by molar-refractivity contribution is -0.120. The molecule has 0 saturated carbocycles. The molecule has 0 aliphatic carbocycles. The smallest absolute Gasteiger partial charge is 0.335 e. The highest BCUT2D eigenvalue weighted by molar-refractivity contribution is 6.19. The van der Waals surface area contributed by atoms with E-state index in [-0.39, 0.29) is 11.5 Å². The molecule has 1 fully saturated rings. The van der Waals surface area contributed by atoms with Crippen LogP contribution in [0.15, 0.2) is 60.7 Å². The number of carboxylic acids is 1. The topological polar surface area (TPSA) is 112 Å². The molecule has 1 amide bonds. The Kier molecular flexibility index (Phi) is 7.81. The van der Waals surface area contributed by atoms with Crippen LogP contribution in [-0.4, -0.2) is 72.5 Å². The number of hydrogen-bond donors (Lipinski definition) is 2. The summed E-state index contributed by atoms with van der Waals surface area (Å²) in [5, 5.41) is 12.7. The number of aldehydes is 1. The molecule has 3 aromatic rings. The standard InChI is InChI=1S/C30H30N4O5/c1-20-17-22(30(37)38)7-8-23(20)24(19-35)29(21-5-3-2-4-6-21)32-27-10-9-26-25(31-27)11-12-34(26)28(36)18-33-13-15-39-16-14-33/h2-10,17,19H,11-16,18H2,1H3,(H,31,32)(H,37,38)/b29-24+. The van der Waals surface area contributed by atoms with Crippen molar-refractivity contribution in [3.63, 3.8) is 0 Å². The summed E-state index contributed by atoms with van der Waals surface area (Å²) >= 11 is 0. The summed E-state index contributed by atoms with van der Waals surface area (Å²) in [6, 6.07) is 17.9. The molecule has 2 aliphatic rings.